The zero-order valence-electron chi connectivity index (χ0n) is 15.2. The summed E-state index contributed by atoms with van der Waals surface area (Å²) in [7, 11) is 0. The van der Waals surface area contributed by atoms with E-state index < -0.39 is 6.10 Å². The van der Waals surface area contributed by atoms with Crippen LogP contribution in [0.3, 0.4) is 0 Å². The number of anilines is 2. The van der Waals surface area contributed by atoms with E-state index in [1.165, 1.54) is 0 Å². The Bertz CT molecular complexity index is 856. The number of alkyl halides is 1. The van der Waals surface area contributed by atoms with E-state index in [9.17, 15) is 9.59 Å². The first-order valence-corrected chi connectivity index (χ1v) is 9.19. The van der Waals surface area contributed by atoms with Crippen molar-refractivity contribution in [3.63, 3.8) is 0 Å². The fraction of sp³-hybridized carbons (Fsp3) is 0.300. The second-order valence-electron chi connectivity index (χ2n) is 6.28. The van der Waals surface area contributed by atoms with Gasteiger partial charge in [0.15, 0.2) is 6.10 Å². The molecule has 1 aliphatic rings. The summed E-state index contributed by atoms with van der Waals surface area (Å²) in [6.07, 6.45) is -0.584. The molecule has 1 heterocycles. The monoisotopic (exact) mass is 388 g/mol. The van der Waals surface area contributed by atoms with Crippen molar-refractivity contribution in [1.29, 1.82) is 0 Å². The molecule has 2 aromatic carbocycles. The van der Waals surface area contributed by atoms with E-state index in [2.05, 4.69) is 5.32 Å². The number of carbonyl (C=O) groups is 2. The molecule has 1 unspecified atom stereocenters. The molecule has 0 bridgehead atoms. The quantitative estimate of drug-likeness (QED) is 0.770. The Morgan fingerprint density at radius 1 is 1.30 bits per heavy atom. The number of carbonyl (C=O) groups excluding carboxylic acids is 2. The van der Waals surface area contributed by atoms with E-state index in [0.29, 0.717) is 30.3 Å². The van der Waals surface area contributed by atoms with Crippen molar-refractivity contribution >= 4 is 34.8 Å². The van der Waals surface area contributed by atoms with Gasteiger partial charge in [0, 0.05) is 5.69 Å². The van der Waals surface area contributed by atoms with E-state index in [1.54, 1.807) is 30.0 Å². The highest BCUT2D eigenvalue weighted by molar-refractivity contribution is 6.29. The maximum absolute atomic E-state index is 12.6. The van der Waals surface area contributed by atoms with Crippen LogP contribution in [0.1, 0.15) is 12.5 Å². The number of nitrogens with one attached hydrogen (secondary N) is 1. The number of aryl methyl sites for hydroxylation is 1. The third-order valence-electron chi connectivity index (χ3n) is 4.15. The van der Waals surface area contributed by atoms with E-state index in [-0.39, 0.29) is 17.7 Å². The minimum Gasteiger partial charge on any atom is -0.492 e. The maximum atomic E-state index is 12.6. The molecule has 2 aromatic rings. The first-order chi connectivity index (χ1) is 13.0. The molecule has 3 rings (SSSR count). The lowest BCUT2D eigenvalue weighted by atomic mass is 10.1. The van der Waals surface area contributed by atoms with Crippen LogP contribution in [0.4, 0.5) is 11.4 Å². The molecular formula is C20H21ClN2O4. The maximum Gasteiger partial charge on any atom is 0.267 e. The molecule has 0 saturated carbocycles. The third-order valence-corrected chi connectivity index (χ3v) is 4.39. The SMILES string of the molecule is Cc1cccc(OCCN2C(=O)C(C)Oc3ccc(NC(=O)CCl)cc32)c1. The Hall–Kier alpha value is -2.73. The molecule has 0 spiro atoms. The molecule has 0 aliphatic carbocycles. The Labute approximate surface area is 163 Å². The van der Waals surface area contributed by atoms with Gasteiger partial charge in [0.25, 0.3) is 5.91 Å². The van der Waals surface area contributed by atoms with Gasteiger partial charge >= 0.3 is 0 Å². The van der Waals surface area contributed by atoms with Crippen LogP contribution in [-0.4, -0.2) is 36.9 Å². The Morgan fingerprint density at radius 3 is 2.85 bits per heavy atom. The molecule has 0 radical (unpaired) electrons. The number of amides is 2. The van der Waals surface area contributed by atoms with E-state index >= 15 is 0 Å². The molecule has 1 atom stereocenters. The fourth-order valence-corrected chi connectivity index (χ4v) is 2.94. The van der Waals surface area contributed by atoms with Crippen molar-refractivity contribution in [1.82, 2.24) is 0 Å². The van der Waals surface area contributed by atoms with Crippen LogP contribution in [0.2, 0.25) is 0 Å². The average molecular weight is 389 g/mol. The van der Waals surface area contributed by atoms with Gasteiger partial charge in [-0.3, -0.25) is 9.59 Å². The van der Waals surface area contributed by atoms with Crippen molar-refractivity contribution in [3.05, 3.63) is 48.0 Å². The predicted octanol–water partition coefficient (Wildman–Crippen LogP) is 3.37. The van der Waals surface area contributed by atoms with Crippen LogP contribution in [-0.2, 0) is 9.59 Å². The highest BCUT2D eigenvalue weighted by atomic mass is 35.5. The first kappa shape index (κ1) is 19.0. The predicted molar refractivity (Wildman–Crippen MR) is 105 cm³/mol. The van der Waals surface area contributed by atoms with Crippen molar-refractivity contribution in [3.8, 4) is 11.5 Å². The lowest BCUT2D eigenvalue weighted by Gasteiger charge is -2.33. The standard InChI is InChI=1S/C20H21ClN2O4/c1-13-4-3-5-16(10-13)26-9-8-23-17-11-15(22-19(24)12-21)6-7-18(17)27-14(2)20(23)25/h3-7,10-11,14H,8-9,12H2,1-2H3,(H,22,24). The summed E-state index contributed by atoms with van der Waals surface area (Å²) in [5.41, 5.74) is 2.25. The van der Waals surface area contributed by atoms with Gasteiger partial charge in [-0.2, -0.15) is 0 Å². The lowest BCUT2D eigenvalue weighted by Crippen LogP contribution is -2.46. The van der Waals surface area contributed by atoms with E-state index in [4.69, 9.17) is 21.1 Å². The number of halogens is 1. The molecule has 0 saturated heterocycles. The first-order valence-electron chi connectivity index (χ1n) is 8.65. The summed E-state index contributed by atoms with van der Waals surface area (Å²) in [4.78, 5) is 25.8. The third kappa shape index (κ3) is 4.52. The van der Waals surface area contributed by atoms with Gasteiger partial charge in [-0.1, -0.05) is 12.1 Å². The lowest BCUT2D eigenvalue weighted by molar-refractivity contribution is -0.125. The van der Waals surface area contributed by atoms with Gasteiger partial charge in [0.05, 0.1) is 12.2 Å². The highest BCUT2D eigenvalue weighted by Crippen LogP contribution is 2.36. The summed E-state index contributed by atoms with van der Waals surface area (Å²) < 4.78 is 11.4. The summed E-state index contributed by atoms with van der Waals surface area (Å²) in [6, 6.07) is 12.9. The number of benzene rings is 2. The number of fused-ring (bicyclic) bond motifs is 1. The molecule has 27 heavy (non-hydrogen) atoms. The van der Waals surface area contributed by atoms with Gasteiger partial charge in [-0.05, 0) is 49.7 Å². The number of nitrogens with zero attached hydrogens (tertiary/aromatic N) is 1. The molecule has 2 amide bonds. The normalized spacial score (nSPS) is 15.7. The molecule has 6 nitrogen and oxygen atoms in total. The van der Waals surface area contributed by atoms with Gasteiger partial charge in [-0.15, -0.1) is 11.6 Å². The zero-order chi connectivity index (χ0) is 19.4. The highest BCUT2D eigenvalue weighted by Gasteiger charge is 2.31. The number of rotatable bonds is 6. The smallest absolute Gasteiger partial charge is 0.267 e. The van der Waals surface area contributed by atoms with Crippen molar-refractivity contribution < 1.29 is 19.1 Å². The summed E-state index contributed by atoms with van der Waals surface area (Å²) >= 11 is 5.54. The molecule has 0 aromatic heterocycles. The Morgan fingerprint density at radius 2 is 2.11 bits per heavy atom. The minimum atomic E-state index is -0.584. The molecule has 7 heteroatoms. The number of hydrogen-bond acceptors (Lipinski definition) is 4. The van der Waals surface area contributed by atoms with Crippen LogP contribution < -0.4 is 19.7 Å². The second-order valence-corrected chi connectivity index (χ2v) is 6.55. The van der Waals surface area contributed by atoms with Gasteiger partial charge in [0.2, 0.25) is 5.91 Å². The largest absolute Gasteiger partial charge is 0.492 e. The van der Waals surface area contributed by atoms with E-state index in [0.717, 1.165) is 11.3 Å². The molecule has 1 N–H and O–H groups in total. The van der Waals surface area contributed by atoms with E-state index in [1.807, 2.05) is 31.2 Å². The van der Waals surface area contributed by atoms with Crippen molar-refractivity contribution in [2.75, 3.05) is 29.2 Å². The van der Waals surface area contributed by atoms with Crippen molar-refractivity contribution in [2.24, 2.45) is 0 Å². The fourth-order valence-electron chi connectivity index (χ4n) is 2.87. The van der Waals surface area contributed by atoms with Crippen LogP contribution in [0.15, 0.2) is 42.5 Å². The number of ether oxygens (including phenoxy) is 2. The zero-order valence-corrected chi connectivity index (χ0v) is 16.0. The Kier molecular flexibility index (Phi) is 5.86. The molecular weight excluding hydrogens is 368 g/mol. The van der Waals surface area contributed by atoms with Crippen LogP contribution >= 0.6 is 11.6 Å². The molecule has 1 aliphatic heterocycles. The average Bonchev–Trinajstić information content (AvgIpc) is 2.65. The summed E-state index contributed by atoms with van der Waals surface area (Å²) in [5, 5.41) is 2.68. The molecule has 142 valence electrons. The van der Waals surface area contributed by atoms with Crippen molar-refractivity contribution in [2.45, 2.75) is 20.0 Å². The number of hydrogen-bond donors (Lipinski definition) is 1. The second kappa shape index (κ2) is 8.31. The van der Waals surface area contributed by atoms with Gasteiger partial charge < -0.3 is 19.7 Å². The minimum absolute atomic E-state index is 0.141. The topological polar surface area (TPSA) is 67.9 Å². The Balaban J connectivity index is 1.76. The van der Waals surface area contributed by atoms with Gasteiger partial charge in [-0.25, -0.2) is 0 Å². The molecule has 0 fully saturated rings. The summed E-state index contributed by atoms with van der Waals surface area (Å²) in [6.45, 7) is 4.40. The summed E-state index contributed by atoms with van der Waals surface area (Å²) in [5.74, 6) is 0.726. The van der Waals surface area contributed by atoms with Crippen LogP contribution in [0.5, 0.6) is 11.5 Å². The van der Waals surface area contributed by atoms with Crippen LogP contribution in [0.25, 0.3) is 0 Å². The van der Waals surface area contributed by atoms with Crippen LogP contribution in [0, 0.1) is 6.92 Å². The van der Waals surface area contributed by atoms with Gasteiger partial charge in [0.1, 0.15) is 24.0 Å².